The predicted octanol–water partition coefficient (Wildman–Crippen LogP) is 3.46. The molecule has 4 rings (SSSR count). The monoisotopic (exact) mass is 489 g/mol. The van der Waals surface area contributed by atoms with Crippen LogP contribution in [0.25, 0.3) is 0 Å². The molecule has 2 heterocycles. The van der Waals surface area contributed by atoms with Gasteiger partial charge in [-0.2, -0.15) is 4.31 Å². The fraction of sp³-hybridized carbons (Fsp3) is 0.417. The Morgan fingerprint density at radius 2 is 1.79 bits per heavy atom. The Balaban J connectivity index is 1.55. The molecule has 7 nitrogen and oxygen atoms in total. The number of hydrogen-bond donors (Lipinski definition) is 1. The molecule has 0 saturated carbocycles. The Labute approximate surface area is 199 Å². The van der Waals surface area contributed by atoms with Gasteiger partial charge in [0.1, 0.15) is 6.54 Å². The smallest absolute Gasteiger partial charge is 0.243 e. The van der Waals surface area contributed by atoms with Crippen molar-refractivity contribution in [2.24, 2.45) is 0 Å². The highest BCUT2D eigenvalue weighted by Gasteiger charge is 2.45. The minimum absolute atomic E-state index is 0.155. The number of anilines is 1. The molecule has 2 aliphatic heterocycles. The Morgan fingerprint density at radius 1 is 1.09 bits per heavy atom. The highest BCUT2D eigenvalue weighted by atomic mass is 35.5. The summed E-state index contributed by atoms with van der Waals surface area (Å²) in [6.07, 6.45) is 2.74. The molecule has 2 amide bonds. The lowest BCUT2D eigenvalue weighted by molar-refractivity contribution is -0.125. The van der Waals surface area contributed by atoms with Gasteiger partial charge < -0.3 is 10.2 Å². The van der Waals surface area contributed by atoms with Crippen molar-refractivity contribution in [1.29, 1.82) is 0 Å². The Hall–Kier alpha value is -2.42. The molecule has 0 spiro atoms. The first-order valence-corrected chi connectivity index (χ1v) is 12.9. The van der Waals surface area contributed by atoms with Gasteiger partial charge in [0.15, 0.2) is 0 Å². The summed E-state index contributed by atoms with van der Waals surface area (Å²) in [6.45, 7) is 4.64. The second-order valence-corrected chi connectivity index (χ2v) is 11.4. The molecule has 33 heavy (non-hydrogen) atoms. The van der Waals surface area contributed by atoms with Crippen molar-refractivity contribution in [3.05, 3.63) is 58.6 Å². The van der Waals surface area contributed by atoms with E-state index in [9.17, 15) is 18.0 Å². The topological polar surface area (TPSA) is 86.8 Å². The first-order chi connectivity index (χ1) is 15.6. The maximum Gasteiger partial charge on any atom is 0.243 e. The van der Waals surface area contributed by atoms with Gasteiger partial charge in [-0.05, 0) is 62.1 Å². The standard InChI is InChI=1S/C24H28ClN3O4S/c1-24(2)19-14-18(33(31,32)27-12-6-3-7-13-27)10-11-21(19)28(23(24)30)16-22(29)26-15-17-8-4-5-9-20(17)25/h4-5,8-11,14H,3,6-7,12-13,15-16H2,1-2H3,(H,26,29). The van der Waals surface area contributed by atoms with Crippen molar-refractivity contribution in [2.75, 3.05) is 24.5 Å². The van der Waals surface area contributed by atoms with E-state index < -0.39 is 15.4 Å². The third-order valence-corrected chi connectivity index (χ3v) is 8.66. The largest absolute Gasteiger partial charge is 0.350 e. The van der Waals surface area contributed by atoms with Crippen LogP contribution in [0.5, 0.6) is 0 Å². The number of sulfonamides is 1. The average molecular weight is 490 g/mol. The molecule has 0 bridgehead atoms. The molecule has 0 aliphatic carbocycles. The minimum atomic E-state index is -3.62. The number of amides is 2. The summed E-state index contributed by atoms with van der Waals surface area (Å²) < 4.78 is 27.8. The summed E-state index contributed by atoms with van der Waals surface area (Å²) in [7, 11) is -3.62. The molecular weight excluding hydrogens is 462 g/mol. The van der Waals surface area contributed by atoms with Crippen LogP contribution in [0.2, 0.25) is 5.02 Å². The molecule has 2 aromatic carbocycles. The minimum Gasteiger partial charge on any atom is -0.350 e. The summed E-state index contributed by atoms with van der Waals surface area (Å²) in [4.78, 5) is 27.4. The molecule has 2 aliphatic rings. The maximum atomic E-state index is 13.2. The third-order valence-electron chi connectivity index (χ3n) is 6.40. The number of piperidine rings is 1. The van der Waals surface area contributed by atoms with E-state index in [4.69, 9.17) is 11.6 Å². The van der Waals surface area contributed by atoms with E-state index in [0.717, 1.165) is 24.8 Å². The predicted molar refractivity (Wildman–Crippen MR) is 128 cm³/mol. The lowest BCUT2D eigenvalue weighted by Gasteiger charge is -2.26. The summed E-state index contributed by atoms with van der Waals surface area (Å²) in [5.74, 6) is -0.560. The number of carbonyl (C=O) groups is 2. The van der Waals surface area contributed by atoms with E-state index in [-0.39, 0.29) is 29.8 Å². The number of fused-ring (bicyclic) bond motifs is 1. The molecule has 0 unspecified atom stereocenters. The van der Waals surface area contributed by atoms with Crippen molar-refractivity contribution >= 4 is 39.1 Å². The van der Waals surface area contributed by atoms with Crippen molar-refractivity contribution in [2.45, 2.75) is 50.0 Å². The normalized spacial score (nSPS) is 18.3. The number of carbonyl (C=O) groups excluding carboxylic acids is 2. The van der Waals surface area contributed by atoms with Crippen LogP contribution in [-0.4, -0.2) is 44.2 Å². The van der Waals surface area contributed by atoms with Gasteiger partial charge in [-0.1, -0.05) is 36.2 Å². The van der Waals surface area contributed by atoms with Gasteiger partial charge >= 0.3 is 0 Å². The van der Waals surface area contributed by atoms with E-state index in [0.29, 0.717) is 29.4 Å². The number of halogens is 1. The van der Waals surface area contributed by atoms with Crippen molar-refractivity contribution in [3.63, 3.8) is 0 Å². The van der Waals surface area contributed by atoms with E-state index in [1.807, 2.05) is 18.2 Å². The Morgan fingerprint density at radius 3 is 2.48 bits per heavy atom. The molecular formula is C24H28ClN3O4S. The van der Waals surface area contributed by atoms with Gasteiger partial charge in [0, 0.05) is 30.3 Å². The second-order valence-electron chi connectivity index (χ2n) is 9.03. The van der Waals surface area contributed by atoms with Gasteiger partial charge in [0.2, 0.25) is 21.8 Å². The molecule has 176 valence electrons. The van der Waals surface area contributed by atoms with Crippen LogP contribution in [0.4, 0.5) is 5.69 Å². The lowest BCUT2D eigenvalue weighted by Crippen LogP contribution is -2.42. The fourth-order valence-corrected chi connectivity index (χ4v) is 6.17. The molecule has 0 aromatic heterocycles. The van der Waals surface area contributed by atoms with E-state index in [1.54, 1.807) is 32.0 Å². The summed E-state index contributed by atoms with van der Waals surface area (Å²) in [5, 5.41) is 3.36. The molecule has 0 radical (unpaired) electrons. The van der Waals surface area contributed by atoms with Gasteiger partial charge in [0.25, 0.3) is 0 Å². The van der Waals surface area contributed by atoms with E-state index in [2.05, 4.69) is 5.32 Å². The zero-order valence-corrected chi connectivity index (χ0v) is 20.4. The molecule has 0 atom stereocenters. The molecule has 1 N–H and O–H groups in total. The van der Waals surface area contributed by atoms with Crippen molar-refractivity contribution < 1.29 is 18.0 Å². The van der Waals surface area contributed by atoms with Crippen LogP contribution < -0.4 is 10.2 Å². The highest BCUT2D eigenvalue weighted by molar-refractivity contribution is 7.89. The summed E-state index contributed by atoms with van der Waals surface area (Å²) in [5.41, 5.74) is 1.03. The molecule has 2 aromatic rings. The SMILES string of the molecule is CC1(C)C(=O)N(CC(=O)NCc2ccccc2Cl)c2ccc(S(=O)(=O)N3CCCCC3)cc21. The highest BCUT2D eigenvalue weighted by Crippen LogP contribution is 2.42. The van der Waals surface area contributed by atoms with Crippen LogP contribution in [0.15, 0.2) is 47.4 Å². The number of nitrogens with zero attached hydrogens (tertiary/aromatic N) is 2. The van der Waals surface area contributed by atoms with E-state index in [1.165, 1.54) is 15.3 Å². The average Bonchev–Trinajstić information content (AvgIpc) is 2.99. The molecule has 9 heteroatoms. The maximum absolute atomic E-state index is 13.2. The zero-order valence-electron chi connectivity index (χ0n) is 18.8. The second kappa shape index (κ2) is 9.08. The van der Waals surface area contributed by atoms with E-state index >= 15 is 0 Å². The van der Waals surface area contributed by atoms with Crippen molar-refractivity contribution in [1.82, 2.24) is 9.62 Å². The molecule has 1 fully saturated rings. The van der Waals surface area contributed by atoms with Crippen LogP contribution in [-0.2, 0) is 31.6 Å². The van der Waals surface area contributed by atoms with Gasteiger partial charge in [-0.3, -0.25) is 9.59 Å². The van der Waals surface area contributed by atoms with Gasteiger partial charge in [-0.15, -0.1) is 0 Å². The first-order valence-electron chi connectivity index (χ1n) is 11.1. The van der Waals surface area contributed by atoms with Gasteiger partial charge in [-0.25, -0.2) is 8.42 Å². The fourth-order valence-electron chi connectivity index (χ4n) is 4.42. The Bertz CT molecular complexity index is 1190. The molecule has 1 saturated heterocycles. The number of hydrogen-bond acceptors (Lipinski definition) is 4. The number of rotatable bonds is 6. The number of benzene rings is 2. The summed E-state index contributed by atoms with van der Waals surface area (Å²) >= 11 is 6.14. The van der Waals surface area contributed by atoms with Crippen LogP contribution in [0.1, 0.15) is 44.2 Å². The summed E-state index contributed by atoms with van der Waals surface area (Å²) in [6, 6.07) is 12.0. The number of nitrogens with one attached hydrogen (secondary N) is 1. The van der Waals surface area contributed by atoms with Crippen LogP contribution in [0.3, 0.4) is 0 Å². The zero-order chi connectivity index (χ0) is 23.8. The van der Waals surface area contributed by atoms with Crippen LogP contribution >= 0.6 is 11.6 Å². The quantitative estimate of drug-likeness (QED) is 0.673. The Kier molecular flexibility index (Phi) is 6.53. The lowest BCUT2D eigenvalue weighted by atomic mass is 9.86. The van der Waals surface area contributed by atoms with Gasteiger partial charge in [0.05, 0.1) is 10.3 Å². The van der Waals surface area contributed by atoms with Crippen LogP contribution in [0, 0.1) is 0 Å². The first kappa shape index (κ1) is 23.7. The third kappa shape index (κ3) is 4.52. The van der Waals surface area contributed by atoms with Crippen molar-refractivity contribution in [3.8, 4) is 0 Å².